The maximum atomic E-state index is 13.7. The minimum atomic E-state index is -0.168. The topological polar surface area (TPSA) is 48.6 Å². The van der Waals surface area contributed by atoms with E-state index in [1.807, 2.05) is 11.0 Å². The van der Waals surface area contributed by atoms with Crippen LogP contribution in [0.2, 0.25) is 0 Å². The van der Waals surface area contributed by atoms with E-state index in [0.717, 1.165) is 59.6 Å². The van der Waals surface area contributed by atoms with E-state index in [4.69, 9.17) is 4.74 Å². The maximum Gasteiger partial charge on any atom is 0.247 e. The number of aromatic amines is 1. The van der Waals surface area contributed by atoms with Crippen LogP contribution < -0.4 is 4.74 Å². The molecule has 1 amide bonds. The standard InChI is InChI=1S/C33H33N3O2/c1-35(2)19-5-6-23-9-11-24(12-10-23)13-16-31(37)36-20-17-28-27-7-3-4-8-29(27)34-32(28)33(36)26-14-15-30-25(22-26)18-21-38-30/h3-16,22,33-34H,17-21H2,1-2H3. The lowest BCUT2D eigenvalue weighted by Gasteiger charge is -2.36. The van der Waals surface area contributed by atoms with Crippen LogP contribution in [0.1, 0.15) is 39.6 Å². The third-order valence-electron chi connectivity index (χ3n) is 7.48. The van der Waals surface area contributed by atoms with Crippen molar-refractivity contribution in [2.24, 2.45) is 0 Å². The van der Waals surface area contributed by atoms with Gasteiger partial charge in [-0.2, -0.15) is 0 Å². The molecule has 0 radical (unpaired) electrons. The number of benzene rings is 3. The Morgan fingerprint density at radius 1 is 1.03 bits per heavy atom. The summed E-state index contributed by atoms with van der Waals surface area (Å²) in [5.74, 6) is 0.977. The third kappa shape index (κ3) is 4.77. The molecule has 1 aromatic heterocycles. The summed E-state index contributed by atoms with van der Waals surface area (Å²) in [5, 5.41) is 1.25. The fourth-order valence-corrected chi connectivity index (χ4v) is 5.58. The largest absolute Gasteiger partial charge is 0.493 e. The average Bonchev–Trinajstić information content (AvgIpc) is 3.55. The second-order valence-electron chi connectivity index (χ2n) is 10.4. The van der Waals surface area contributed by atoms with Crippen LogP contribution in [0.3, 0.4) is 0 Å². The molecule has 1 N–H and O–H groups in total. The molecule has 6 rings (SSSR count). The second kappa shape index (κ2) is 10.3. The molecule has 5 nitrogen and oxygen atoms in total. The Labute approximate surface area is 224 Å². The predicted octanol–water partition coefficient (Wildman–Crippen LogP) is 5.87. The number of fused-ring (bicyclic) bond motifs is 4. The second-order valence-corrected chi connectivity index (χ2v) is 10.4. The number of carbonyl (C=O) groups excluding carboxylic acids is 1. The SMILES string of the molecule is CN(C)CC=Cc1ccc(C=CC(=O)N2CCc3c([nH]c4ccccc34)C2c2ccc3c(c2)CCO3)cc1. The van der Waals surface area contributed by atoms with E-state index in [1.165, 1.54) is 16.5 Å². The first-order valence-electron chi connectivity index (χ1n) is 13.3. The lowest BCUT2D eigenvalue weighted by Crippen LogP contribution is -2.39. The average molecular weight is 504 g/mol. The van der Waals surface area contributed by atoms with Crippen molar-refractivity contribution in [2.45, 2.75) is 18.9 Å². The van der Waals surface area contributed by atoms with Gasteiger partial charge in [0.05, 0.1) is 12.6 Å². The van der Waals surface area contributed by atoms with Crippen molar-refractivity contribution in [1.82, 2.24) is 14.8 Å². The molecular weight excluding hydrogens is 470 g/mol. The van der Waals surface area contributed by atoms with Gasteiger partial charge in [-0.1, -0.05) is 60.7 Å². The molecule has 0 bridgehead atoms. The molecule has 1 atom stereocenters. The number of hydrogen-bond donors (Lipinski definition) is 1. The van der Waals surface area contributed by atoms with Crippen LogP contribution in [0.15, 0.2) is 78.9 Å². The Morgan fingerprint density at radius 2 is 1.82 bits per heavy atom. The molecule has 2 aliphatic heterocycles. The van der Waals surface area contributed by atoms with Crippen molar-refractivity contribution in [3.8, 4) is 5.75 Å². The van der Waals surface area contributed by atoms with Crippen molar-refractivity contribution in [2.75, 3.05) is 33.8 Å². The molecule has 192 valence electrons. The van der Waals surface area contributed by atoms with E-state index in [9.17, 15) is 4.79 Å². The highest BCUT2D eigenvalue weighted by Crippen LogP contribution is 2.40. The Bertz CT molecular complexity index is 1530. The van der Waals surface area contributed by atoms with Crippen LogP contribution in [-0.4, -0.2) is 54.5 Å². The molecule has 0 saturated heterocycles. The Morgan fingerprint density at radius 3 is 2.63 bits per heavy atom. The number of amides is 1. The van der Waals surface area contributed by atoms with E-state index < -0.39 is 0 Å². The quantitative estimate of drug-likeness (QED) is 0.335. The van der Waals surface area contributed by atoms with Crippen LogP contribution in [-0.2, 0) is 17.6 Å². The summed E-state index contributed by atoms with van der Waals surface area (Å²) in [6.45, 7) is 2.30. The van der Waals surface area contributed by atoms with Gasteiger partial charge >= 0.3 is 0 Å². The number of aromatic nitrogens is 1. The fraction of sp³-hybridized carbons (Fsp3) is 0.242. The van der Waals surface area contributed by atoms with Crippen LogP contribution in [0.4, 0.5) is 0 Å². The monoisotopic (exact) mass is 503 g/mol. The van der Waals surface area contributed by atoms with E-state index in [-0.39, 0.29) is 11.9 Å². The van der Waals surface area contributed by atoms with E-state index in [1.54, 1.807) is 6.08 Å². The van der Waals surface area contributed by atoms with Crippen LogP contribution >= 0.6 is 0 Å². The van der Waals surface area contributed by atoms with E-state index in [2.05, 4.69) is 103 Å². The Hall–Kier alpha value is -4.09. The predicted molar refractivity (Wildman–Crippen MR) is 154 cm³/mol. The van der Waals surface area contributed by atoms with Gasteiger partial charge in [0.1, 0.15) is 5.75 Å². The minimum Gasteiger partial charge on any atom is -0.493 e. The number of nitrogens with one attached hydrogen (secondary N) is 1. The number of H-pyrrole nitrogens is 1. The summed E-state index contributed by atoms with van der Waals surface area (Å²) in [4.78, 5) is 21.5. The number of nitrogens with zero attached hydrogens (tertiary/aromatic N) is 2. The molecule has 0 spiro atoms. The number of carbonyl (C=O) groups is 1. The first-order valence-corrected chi connectivity index (χ1v) is 13.3. The van der Waals surface area contributed by atoms with Gasteiger partial charge in [-0.15, -0.1) is 0 Å². The van der Waals surface area contributed by atoms with Gasteiger partial charge in [0.15, 0.2) is 0 Å². The van der Waals surface area contributed by atoms with Gasteiger partial charge in [-0.05, 0) is 72.6 Å². The van der Waals surface area contributed by atoms with Gasteiger partial charge in [-0.25, -0.2) is 0 Å². The van der Waals surface area contributed by atoms with Crippen molar-refractivity contribution >= 4 is 29.0 Å². The smallest absolute Gasteiger partial charge is 0.247 e. The summed E-state index contributed by atoms with van der Waals surface area (Å²) in [5.41, 5.74) is 8.05. The zero-order valence-electron chi connectivity index (χ0n) is 22.0. The molecule has 3 aromatic carbocycles. The highest BCUT2D eigenvalue weighted by Gasteiger charge is 2.34. The molecule has 0 aliphatic carbocycles. The molecule has 5 heteroatoms. The summed E-state index contributed by atoms with van der Waals surface area (Å²) in [6.07, 6.45) is 9.64. The zero-order valence-corrected chi connectivity index (χ0v) is 22.0. The molecular formula is C33H33N3O2. The fourth-order valence-electron chi connectivity index (χ4n) is 5.58. The van der Waals surface area contributed by atoms with Crippen molar-refractivity contribution in [3.05, 3.63) is 112 Å². The molecule has 4 aromatic rings. The normalized spacial score (nSPS) is 16.9. The van der Waals surface area contributed by atoms with Crippen molar-refractivity contribution < 1.29 is 9.53 Å². The number of ether oxygens (including phenoxy) is 1. The number of hydrogen-bond acceptors (Lipinski definition) is 3. The van der Waals surface area contributed by atoms with Crippen LogP contribution in [0.5, 0.6) is 5.75 Å². The van der Waals surface area contributed by atoms with Gasteiger partial charge in [0, 0.05) is 42.2 Å². The molecule has 1 unspecified atom stereocenters. The zero-order chi connectivity index (χ0) is 26.1. The first kappa shape index (κ1) is 24.3. The van der Waals surface area contributed by atoms with Crippen molar-refractivity contribution in [3.63, 3.8) is 0 Å². The third-order valence-corrected chi connectivity index (χ3v) is 7.48. The van der Waals surface area contributed by atoms with E-state index in [0.29, 0.717) is 6.54 Å². The maximum absolute atomic E-state index is 13.7. The van der Waals surface area contributed by atoms with Gasteiger partial charge < -0.3 is 19.5 Å². The summed E-state index contributed by atoms with van der Waals surface area (Å²) >= 11 is 0. The van der Waals surface area contributed by atoms with Gasteiger partial charge in [-0.3, -0.25) is 4.79 Å². The molecule has 2 aliphatic rings. The lowest BCUT2D eigenvalue weighted by atomic mass is 9.91. The Balaban J connectivity index is 1.29. The van der Waals surface area contributed by atoms with Crippen LogP contribution in [0, 0.1) is 0 Å². The lowest BCUT2D eigenvalue weighted by molar-refractivity contribution is -0.128. The number of rotatable bonds is 6. The summed E-state index contributed by atoms with van der Waals surface area (Å²) < 4.78 is 5.75. The summed E-state index contributed by atoms with van der Waals surface area (Å²) in [6, 6.07) is 23.0. The van der Waals surface area contributed by atoms with Gasteiger partial charge in [0.25, 0.3) is 0 Å². The highest BCUT2D eigenvalue weighted by atomic mass is 16.5. The first-order chi connectivity index (χ1) is 18.6. The molecule has 0 fully saturated rings. The van der Waals surface area contributed by atoms with Crippen molar-refractivity contribution in [1.29, 1.82) is 0 Å². The number of para-hydroxylation sites is 1. The molecule has 38 heavy (non-hydrogen) atoms. The number of likely N-dealkylation sites (N-methyl/N-ethyl adjacent to an activating group) is 1. The van der Waals surface area contributed by atoms with Crippen LogP contribution in [0.25, 0.3) is 23.1 Å². The van der Waals surface area contributed by atoms with Gasteiger partial charge in [0.2, 0.25) is 5.91 Å². The van der Waals surface area contributed by atoms with E-state index >= 15 is 0 Å². The summed E-state index contributed by atoms with van der Waals surface area (Å²) in [7, 11) is 4.11. The Kier molecular flexibility index (Phi) is 6.61. The minimum absolute atomic E-state index is 0.0195. The molecule has 0 saturated carbocycles. The molecule has 3 heterocycles. The highest BCUT2D eigenvalue weighted by molar-refractivity contribution is 5.93.